The van der Waals surface area contributed by atoms with E-state index >= 15 is 0 Å². The predicted molar refractivity (Wildman–Crippen MR) is 98.1 cm³/mol. The number of nitrogens with two attached hydrogens (primary N) is 1. The molecule has 0 aliphatic heterocycles. The SMILES string of the molecule is Cn1nccc1-c1cc(NC(CN)Cc2ccccc2)sc1Cl. The zero-order valence-corrected chi connectivity index (χ0v) is 14.4. The maximum atomic E-state index is 6.40. The molecule has 2 aromatic heterocycles. The highest BCUT2D eigenvalue weighted by atomic mass is 35.5. The van der Waals surface area contributed by atoms with Gasteiger partial charge < -0.3 is 11.1 Å². The Morgan fingerprint density at radius 3 is 2.74 bits per heavy atom. The Hall–Kier alpha value is -1.82. The number of hydrogen-bond acceptors (Lipinski definition) is 4. The monoisotopic (exact) mass is 346 g/mol. The van der Waals surface area contributed by atoms with Crippen LogP contribution in [0.15, 0.2) is 48.7 Å². The highest BCUT2D eigenvalue weighted by molar-refractivity contribution is 7.20. The van der Waals surface area contributed by atoms with E-state index in [0.29, 0.717) is 6.54 Å². The summed E-state index contributed by atoms with van der Waals surface area (Å²) in [5.74, 6) is 0. The van der Waals surface area contributed by atoms with Crippen LogP contribution in [0.2, 0.25) is 4.34 Å². The average molecular weight is 347 g/mol. The first-order valence-corrected chi connectivity index (χ1v) is 8.65. The lowest BCUT2D eigenvalue weighted by Gasteiger charge is -2.16. The first-order chi connectivity index (χ1) is 11.2. The van der Waals surface area contributed by atoms with E-state index in [1.165, 1.54) is 16.9 Å². The van der Waals surface area contributed by atoms with Crippen molar-refractivity contribution in [1.29, 1.82) is 0 Å². The van der Waals surface area contributed by atoms with Crippen LogP contribution >= 0.6 is 22.9 Å². The van der Waals surface area contributed by atoms with E-state index in [-0.39, 0.29) is 6.04 Å². The lowest BCUT2D eigenvalue weighted by Crippen LogP contribution is -2.30. The van der Waals surface area contributed by atoms with Crippen LogP contribution in [-0.2, 0) is 13.5 Å². The molecule has 0 saturated carbocycles. The van der Waals surface area contributed by atoms with Crippen LogP contribution in [0.1, 0.15) is 5.56 Å². The van der Waals surface area contributed by atoms with Crippen molar-refractivity contribution in [2.45, 2.75) is 12.5 Å². The van der Waals surface area contributed by atoms with Gasteiger partial charge in [0.2, 0.25) is 0 Å². The third-order valence-electron chi connectivity index (χ3n) is 3.74. The third kappa shape index (κ3) is 3.75. The number of aromatic nitrogens is 2. The highest BCUT2D eigenvalue weighted by Crippen LogP contribution is 2.38. The molecule has 3 N–H and O–H groups in total. The number of halogens is 1. The molecular weight excluding hydrogens is 328 g/mol. The standard InChI is InChI=1S/C17H19ClN4S/c1-22-15(7-8-20-22)14-10-16(23-17(14)18)21-13(11-19)9-12-5-3-2-4-6-12/h2-8,10,13,21H,9,11,19H2,1H3. The van der Waals surface area contributed by atoms with Crippen molar-refractivity contribution < 1.29 is 0 Å². The molecular formula is C17H19ClN4S. The summed E-state index contributed by atoms with van der Waals surface area (Å²) < 4.78 is 2.58. The molecule has 0 fully saturated rings. The molecule has 3 aromatic rings. The van der Waals surface area contributed by atoms with Gasteiger partial charge in [-0.3, -0.25) is 4.68 Å². The fourth-order valence-electron chi connectivity index (χ4n) is 2.55. The lowest BCUT2D eigenvalue weighted by atomic mass is 10.1. The number of anilines is 1. The van der Waals surface area contributed by atoms with Gasteiger partial charge in [-0.05, 0) is 24.1 Å². The highest BCUT2D eigenvalue weighted by Gasteiger charge is 2.15. The normalized spacial score (nSPS) is 12.3. The number of nitrogens with one attached hydrogen (secondary N) is 1. The van der Waals surface area contributed by atoms with Gasteiger partial charge in [0.15, 0.2) is 0 Å². The number of thiophene rings is 1. The Morgan fingerprint density at radius 1 is 1.30 bits per heavy atom. The van der Waals surface area contributed by atoms with E-state index in [4.69, 9.17) is 17.3 Å². The second-order valence-corrected chi connectivity index (χ2v) is 7.06. The quantitative estimate of drug-likeness (QED) is 0.714. The van der Waals surface area contributed by atoms with E-state index in [2.05, 4.69) is 28.6 Å². The Bertz CT molecular complexity index is 766. The molecule has 2 heterocycles. The Balaban J connectivity index is 1.76. The van der Waals surface area contributed by atoms with Crippen LogP contribution in [0.25, 0.3) is 11.3 Å². The van der Waals surface area contributed by atoms with Crippen molar-refractivity contribution in [2.75, 3.05) is 11.9 Å². The minimum Gasteiger partial charge on any atom is -0.373 e. The van der Waals surface area contributed by atoms with Crippen LogP contribution < -0.4 is 11.1 Å². The minimum atomic E-state index is 0.173. The van der Waals surface area contributed by atoms with E-state index in [1.54, 1.807) is 6.20 Å². The van der Waals surface area contributed by atoms with E-state index < -0.39 is 0 Å². The zero-order valence-electron chi connectivity index (χ0n) is 12.9. The second kappa shape index (κ2) is 7.17. The Morgan fingerprint density at radius 2 is 2.09 bits per heavy atom. The molecule has 0 saturated heterocycles. The molecule has 23 heavy (non-hydrogen) atoms. The van der Waals surface area contributed by atoms with Crippen LogP contribution in [0.4, 0.5) is 5.00 Å². The summed E-state index contributed by atoms with van der Waals surface area (Å²) in [5, 5.41) is 8.72. The summed E-state index contributed by atoms with van der Waals surface area (Å²) in [4.78, 5) is 0. The van der Waals surface area contributed by atoms with Gasteiger partial charge >= 0.3 is 0 Å². The number of benzene rings is 1. The molecule has 0 spiro atoms. The molecule has 0 aliphatic carbocycles. The summed E-state index contributed by atoms with van der Waals surface area (Å²) in [5.41, 5.74) is 9.20. The van der Waals surface area contributed by atoms with E-state index in [1.807, 2.05) is 36.0 Å². The van der Waals surface area contributed by atoms with Gasteiger partial charge in [-0.1, -0.05) is 41.9 Å². The van der Waals surface area contributed by atoms with Crippen molar-refractivity contribution >= 4 is 27.9 Å². The lowest BCUT2D eigenvalue weighted by molar-refractivity contribution is 0.726. The van der Waals surface area contributed by atoms with Crippen molar-refractivity contribution in [3.8, 4) is 11.3 Å². The van der Waals surface area contributed by atoms with Crippen LogP contribution in [0.3, 0.4) is 0 Å². The smallest absolute Gasteiger partial charge is 0.104 e. The molecule has 1 unspecified atom stereocenters. The Labute approximate surface area is 144 Å². The Kier molecular flexibility index (Phi) is 5.00. The van der Waals surface area contributed by atoms with Crippen LogP contribution in [0.5, 0.6) is 0 Å². The van der Waals surface area contributed by atoms with Gasteiger partial charge in [-0.15, -0.1) is 11.3 Å². The molecule has 0 amide bonds. The molecule has 4 nitrogen and oxygen atoms in total. The van der Waals surface area contributed by atoms with Gasteiger partial charge in [0.25, 0.3) is 0 Å². The molecule has 0 aliphatic rings. The molecule has 0 radical (unpaired) electrons. The molecule has 3 rings (SSSR count). The number of aryl methyl sites for hydroxylation is 1. The fraction of sp³-hybridized carbons (Fsp3) is 0.235. The molecule has 6 heteroatoms. The largest absolute Gasteiger partial charge is 0.373 e. The first-order valence-electron chi connectivity index (χ1n) is 7.45. The predicted octanol–water partition coefficient (Wildman–Crippen LogP) is 3.78. The van der Waals surface area contributed by atoms with Gasteiger partial charge in [0, 0.05) is 31.4 Å². The molecule has 120 valence electrons. The van der Waals surface area contributed by atoms with E-state index in [9.17, 15) is 0 Å². The summed E-state index contributed by atoms with van der Waals surface area (Å²) in [6, 6.07) is 14.6. The second-order valence-electron chi connectivity index (χ2n) is 5.40. The minimum absolute atomic E-state index is 0.173. The van der Waals surface area contributed by atoms with Gasteiger partial charge in [-0.25, -0.2) is 0 Å². The summed E-state index contributed by atoms with van der Waals surface area (Å²) in [7, 11) is 1.91. The van der Waals surface area contributed by atoms with Crippen molar-refractivity contribution in [3.05, 3.63) is 58.6 Å². The summed E-state index contributed by atoms with van der Waals surface area (Å²) in [6.07, 6.45) is 2.66. The third-order valence-corrected chi connectivity index (χ3v) is 5.03. The number of nitrogens with zero attached hydrogens (tertiary/aromatic N) is 2. The zero-order chi connectivity index (χ0) is 16.2. The topological polar surface area (TPSA) is 55.9 Å². The number of hydrogen-bond donors (Lipinski definition) is 2. The van der Waals surface area contributed by atoms with Crippen LogP contribution in [-0.4, -0.2) is 22.4 Å². The first kappa shape index (κ1) is 16.1. The molecule has 1 atom stereocenters. The summed E-state index contributed by atoms with van der Waals surface area (Å²) in [6.45, 7) is 0.561. The fourth-order valence-corrected chi connectivity index (χ4v) is 3.82. The molecule has 1 aromatic carbocycles. The molecule has 0 bridgehead atoms. The van der Waals surface area contributed by atoms with Crippen molar-refractivity contribution in [3.63, 3.8) is 0 Å². The van der Waals surface area contributed by atoms with Crippen molar-refractivity contribution in [1.82, 2.24) is 9.78 Å². The van der Waals surface area contributed by atoms with E-state index in [0.717, 1.165) is 27.0 Å². The van der Waals surface area contributed by atoms with Gasteiger partial charge in [0.1, 0.15) is 4.34 Å². The van der Waals surface area contributed by atoms with Gasteiger partial charge in [-0.2, -0.15) is 5.10 Å². The van der Waals surface area contributed by atoms with Gasteiger partial charge in [0.05, 0.1) is 10.7 Å². The number of rotatable bonds is 6. The van der Waals surface area contributed by atoms with Crippen molar-refractivity contribution in [2.24, 2.45) is 12.8 Å². The average Bonchev–Trinajstić information content (AvgIpc) is 3.13. The summed E-state index contributed by atoms with van der Waals surface area (Å²) >= 11 is 7.93. The maximum Gasteiger partial charge on any atom is 0.104 e. The van der Waals surface area contributed by atoms with Crippen LogP contribution in [0, 0.1) is 0 Å². The maximum absolute atomic E-state index is 6.40.